The van der Waals surface area contributed by atoms with E-state index in [0.717, 1.165) is 38.8 Å². The van der Waals surface area contributed by atoms with E-state index < -0.39 is 9.84 Å². The molecule has 31 heavy (non-hydrogen) atoms. The van der Waals surface area contributed by atoms with E-state index in [1.54, 1.807) is 0 Å². The predicted molar refractivity (Wildman–Crippen MR) is 121 cm³/mol. The number of nitrogens with zero attached hydrogens (tertiary/aromatic N) is 3. The summed E-state index contributed by atoms with van der Waals surface area (Å²) >= 11 is 0. The van der Waals surface area contributed by atoms with Crippen molar-refractivity contribution in [2.75, 3.05) is 42.3 Å². The predicted octanol–water partition coefficient (Wildman–Crippen LogP) is 3.09. The minimum atomic E-state index is -3.32. The first kappa shape index (κ1) is 20.7. The van der Waals surface area contributed by atoms with Crippen molar-refractivity contribution < 1.29 is 13.2 Å². The number of aryl methyl sites for hydroxylation is 2. The summed E-state index contributed by atoms with van der Waals surface area (Å²) in [6.07, 6.45) is 4.27. The SMILES string of the molecule is Cc1ccc(C2CCN(c3nc4c(c(NC5CCOCC5)n3)S(=O)(=O)CC4)CC2)cc1. The molecule has 1 N–H and O–H groups in total. The minimum Gasteiger partial charge on any atom is -0.381 e. The van der Waals surface area contributed by atoms with E-state index in [9.17, 15) is 8.42 Å². The number of piperidine rings is 1. The number of rotatable bonds is 4. The molecule has 0 radical (unpaired) electrons. The zero-order valence-electron chi connectivity index (χ0n) is 18.0. The molecule has 166 valence electrons. The Labute approximate surface area is 184 Å². The quantitative estimate of drug-likeness (QED) is 0.779. The van der Waals surface area contributed by atoms with Crippen LogP contribution in [-0.4, -0.2) is 56.5 Å². The smallest absolute Gasteiger partial charge is 0.227 e. The Morgan fingerprint density at radius 3 is 2.45 bits per heavy atom. The van der Waals surface area contributed by atoms with E-state index in [-0.39, 0.29) is 11.8 Å². The fourth-order valence-electron chi connectivity index (χ4n) is 4.84. The molecule has 0 spiro atoms. The third-order valence-electron chi connectivity index (χ3n) is 6.73. The molecule has 0 unspecified atom stereocenters. The highest BCUT2D eigenvalue weighted by Gasteiger charge is 2.34. The monoisotopic (exact) mass is 442 g/mol. The number of fused-ring (bicyclic) bond motifs is 1. The van der Waals surface area contributed by atoms with Crippen molar-refractivity contribution in [3.05, 3.63) is 41.1 Å². The number of ether oxygens (including phenoxy) is 1. The van der Waals surface area contributed by atoms with Crippen molar-refractivity contribution in [2.24, 2.45) is 0 Å². The fraction of sp³-hybridized carbons (Fsp3) is 0.565. The zero-order chi connectivity index (χ0) is 21.4. The topological polar surface area (TPSA) is 84.4 Å². The molecule has 0 aliphatic carbocycles. The molecule has 3 aliphatic rings. The first-order chi connectivity index (χ1) is 15.0. The molecule has 3 aliphatic heterocycles. The molecule has 2 fully saturated rings. The molecule has 1 aromatic carbocycles. The third-order valence-corrected chi connectivity index (χ3v) is 8.52. The lowest BCUT2D eigenvalue weighted by Crippen LogP contribution is -2.35. The Morgan fingerprint density at radius 2 is 1.74 bits per heavy atom. The van der Waals surface area contributed by atoms with E-state index in [0.29, 0.717) is 47.9 Å². The summed E-state index contributed by atoms with van der Waals surface area (Å²) in [4.78, 5) is 12.0. The van der Waals surface area contributed by atoms with Crippen LogP contribution >= 0.6 is 0 Å². The maximum absolute atomic E-state index is 12.7. The second-order valence-electron chi connectivity index (χ2n) is 8.92. The van der Waals surface area contributed by atoms with Gasteiger partial charge in [0.15, 0.2) is 15.7 Å². The van der Waals surface area contributed by atoms with Crippen LogP contribution < -0.4 is 10.2 Å². The maximum atomic E-state index is 12.7. The highest BCUT2D eigenvalue weighted by atomic mass is 32.2. The van der Waals surface area contributed by atoms with Crippen molar-refractivity contribution >= 4 is 21.6 Å². The van der Waals surface area contributed by atoms with Gasteiger partial charge in [0.05, 0.1) is 11.4 Å². The summed E-state index contributed by atoms with van der Waals surface area (Å²) in [7, 11) is -3.32. The van der Waals surface area contributed by atoms with Gasteiger partial charge in [0.1, 0.15) is 4.90 Å². The highest BCUT2D eigenvalue weighted by molar-refractivity contribution is 7.91. The summed E-state index contributed by atoms with van der Waals surface area (Å²) in [6, 6.07) is 9.02. The number of anilines is 2. The maximum Gasteiger partial charge on any atom is 0.227 e. The number of hydrogen-bond donors (Lipinski definition) is 1. The van der Waals surface area contributed by atoms with Crippen LogP contribution in [0.4, 0.5) is 11.8 Å². The molecule has 0 saturated carbocycles. The second kappa shape index (κ2) is 8.39. The minimum absolute atomic E-state index is 0.123. The van der Waals surface area contributed by atoms with Gasteiger partial charge in [-0.3, -0.25) is 0 Å². The van der Waals surface area contributed by atoms with Crippen molar-refractivity contribution in [3.8, 4) is 0 Å². The first-order valence-electron chi connectivity index (χ1n) is 11.3. The van der Waals surface area contributed by atoms with E-state index in [2.05, 4.69) is 41.4 Å². The van der Waals surface area contributed by atoms with Crippen LogP contribution in [0.25, 0.3) is 0 Å². The van der Waals surface area contributed by atoms with Crippen molar-refractivity contribution in [3.63, 3.8) is 0 Å². The number of benzene rings is 1. The molecule has 8 heteroatoms. The van der Waals surface area contributed by atoms with Gasteiger partial charge in [0.2, 0.25) is 5.95 Å². The van der Waals surface area contributed by atoms with Gasteiger partial charge in [0, 0.05) is 38.8 Å². The number of hydrogen-bond acceptors (Lipinski definition) is 7. The lowest BCUT2D eigenvalue weighted by molar-refractivity contribution is 0.0903. The normalized spacial score (nSPS) is 21.8. The van der Waals surface area contributed by atoms with Gasteiger partial charge in [-0.05, 0) is 44.1 Å². The van der Waals surface area contributed by atoms with Gasteiger partial charge in [0.25, 0.3) is 0 Å². The summed E-state index contributed by atoms with van der Waals surface area (Å²) < 4.78 is 30.8. The molecule has 7 nitrogen and oxygen atoms in total. The fourth-order valence-corrected chi connectivity index (χ4v) is 6.41. The van der Waals surface area contributed by atoms with Crippen LogP contribution in [0, 0.1) is 6.92 Å². The lowest BCUT2D eigenvalue weighted by Gasteiger charge is -2.33. The van der Waals surface area contributed by atoms with Gasteiger partial charge in [-0.25, -0.2) is 13.4 Å². The van der Waals surface area contributed by atoms with Crippen LogP contribution in [0.5, 0.6) is 0 Å². The zero-order valence-corrected chi connectivity index (χ0v) is 18.8. The summed E-state index contributed by atoms with van der Waals surface area (Å²) in [5.41, 5.74) is 3.35. The molecule has 4 heterocycles. The lowest BCUT2D eigenvalue weighted by atomic mass is 9.89. The Balaban J connectivity index is 1.37. The molecule has 2 saturated heterocycles. The third kappa shape index (κ3) is 4.28. The Hall–Kier alpha value is -2.19. The first-order valence-corrected chi connectivity index (χ1v) is 12.9. The Kier molecular flexibility index (Phi) is 5.60. The largest absolute Gasteiger partial charge is 0.381 e. The van der Waals surface area contributed by atoms with E-state index in [4.69, 9.17) is 14.7 Å². The van der Waals surface area contributed by atoms with Crippen LogP contribution in [0.15, 0.2) is 29.2 Å². The van der Waals surface area contributed by atoms with E-state index in [1.165, 1.54) is 11.1 Å². The number of sulfone groups is 1. The van der Waals surface area contributed by atoms with Crippen molar-refractivity contribution in [1.82, 2.24) is 9.97 Å². The summed E-state index contributed by atoms with van der Waals surface area (Å²) in [5.74, 6) is 1.82. The van der Waals surface area contributed by atoms with Crippen molar-refractivity contribution in [1.29, 1.82) is 0 Å². The molecular formula is C23H30N4O3S. The van der Waals surface area contributed by atoms with Gasteiger partial charge in [-0.15, -0.1) is 0 Å². The molecule has 1 aromatic heterocycles. The van der Waals surface area contributed by atoms with Gasteiger partial charge in [-0.1, -0.05) is 29.8 Å². The standard InChI is InChI=1S/C23H30N4O3S/c1-16-2-4-17(5-3-16)18-6-11-27(12-7-18)23-25-20-10-15-31(28,29)21(20)22(26-23)24-19-8-13-30-14-9-19/h2-5,18-19H,6-15H2,1H3,(H,24,25,26). The van der Waals surface area contributed by atoms with Crippen molar-refractivity contribution in [2.45, 2.75) is 55.9 Å². The van der Waals surface area contributed by atoms with Crippen LogP contribution in [0.3, 0.4) is 0 Å². The molecule has 2 aromatic rings. The molecule has 0 bridgehead atoms. The Morgan fingerprint density at radius 1 is 1.03 bits per heavy atom. The summed E-state index contributed by atoms with van der Waals surface area (Å²) in [5, 5.41) is 3.42. The number of nitrogens with one attached hydrogen (secondary N) is 1. The van der Waals surface area contributed by atoms with Gasteiger partial charge < -0.3 is 15.0 Å². The molecular weight excluding hydrogens is 412 g/mol. The average molecular weight is 443 g/mol. The second-order valence-corrected chi connectivity index (χ2v) is 11.0. The number of aromatic nitrogens is 2. The average Bonchev–Trinajstić information content (AvgIpc) is 3.10. The van der Waals surface area contributed by atoms with Crippen LogP contribution in [0.1, 0.15) is 48.4 Å². The molecule has 0 amide bonds. The van der Waals surface area contributed by atoms with E-state index >= 15 is 0 Å². The Bertz CT molecular complexity index is 1040. The van der Waals surface area contributed by atoms with Crippen LogP contribution in [-0.2, 0) is 21.0 Å². The summed E-state index contributed by atoms with van der Waals surface area (Å²) in [6.45, 7) is 5.25. The highest BCUT2D eigenvalue weighted by Crippen LogP contribution is 2.35. The van der Waals surface area contributed by atoms with Gasteiger partial charge in [-0.2, -0.15) is 4.98 Å². The van der Waals surface area contributed by atoms with Gasteiger partial charge >= 0.3 is 0 Å². The van der Waals surface area contributed by atoms with Crippen LogP contribution in [0.2, 0.25) is 0 Å². The molecule has 0 atom stereocenters. The molecule has 5 rings (SSSR count). The van der Waals surface area contributed by atoms with E-state index in [1.807, 2.05) is 0 Å².